The van der Waals surface area contributed by atoms with Gasteiger partial charge >= 0.3 is 5.97 Å². The summed E-state index contributed by atoms with van der Waals surface area (Å²) in [7, 11) is 0. The van der Waals surface area contributed by atoms with Crippen LogP contribution in [0.25, 0.3) is 0 Å². The van der Waals surface area contributed by atoms with Crippen LogP contribution in [0, 0.1) is 22.7 Å². The lowest BCUT2D eigenvalue weighted by Gasteiger charge is -2.56. The summed E-state index contributed by atoms with van der Waals surface area (Å²) in [5, 5.41) is 0. The van der Waals surface area contributed by atoms with Crippen molar-refractivity contribution in [1.29, 1.82) is 0 Å². The number of fused-ring (bicyclic) bond motifs is 1. The lowest BCUT2D eigenvalue weighted by molar-refractivity contribution is -0.160. The first-order chi connectivity index (χ1) is 9.34. The molecule has 114 valence electrons. The van der Waals surface area contributed by atoms with E-state index >= 15 is 0 Å². The van der Waals surface area contributed by atoms with E-state index in [1.54, 1.807) is 0 Å². The molecule has 0 aromatic heterocycles. The summed E-state index contributed by atoms with van der Waals surface area (Å²) in [4.78, 5) is 24.5. The zero-order valence-corrected chi connectivity index (χ0v) is 13.3. The van der Waals surface area contributed by atoms with Crippen molar-refractivity contribution in [2.45, 2.75) is 66.2 Å². The van der Waals surface area contributed by atoms with Crippen LogP contribution in [0.3, 0.4) is 0 Å². The third kappa shape index (κ3) is 2.40. The van der Waals surface area contributed by atoms with Crippen LogP contribution in [0.1, 0.15) is 66.2 Å². The Bertz CT molecular complexity index is 403. The van der Waals surface area contributed by atoms with Crippen molar-refractivity contribution in [1.82, 2.24) is 0 Å². The molecule has 2 rings (SSSR count). The van der Waals surface area contributed by atoms with E-state index in [2.05, 4.69) is 20.8 Å². The average molecular weight is 280 g/mol. The molecule has 3 heteroatoms. The highest BCUT2D eigenvalue weighted by Gasteiger charge is 2.56. The van der Waals surface area contributed by atoms with Gasteiger partial charge in [0, 0.05) is 11.8 Å². The second-order valence-electron chi connectivity index (χ2n) is 7.21. The predicted molar refractivity (Wildman–Crippen MR) is 78.2 cm³/mol. The molecule has 0 spiro atoms. The molecule has 2 aliphatic carbocycles. The topological polar surface area (TPSA) is 43.4 Å². The van der Waals surface area contributed by atoms with Gasteiger partial charge in [0.25, 0.3) is 0 Å². The fourth-order valence-corrected chi connectivity index (χ4v) is 4.65. The van der Waals surface area contributed by atoms with E-state index in [1.807, 2.05) is 6.92 Å². The van der Waals surface area contributed by atoms with E-state index in [9.17, 15) is 9.59 Å². The molecule has 0 bridgehead atoms. The maximum atomic E-state index is 12.4. The summed E-state index contributed by atoms with van der Waals surface area (Å²) in [6.45, 7) is 8.85. The van der Waals surface area contributed by atoms with Crippen molar-refractivity contribution in [3.05, 3.63) is 0 Å². The molecule has 0 N–H and O–H groups in total. The molecule has 2 saturated carbocycles. The first-order valence-corrected chi connectivity index (χ1v) is 8.03. The number of hydrogen-bond acceptors (Lipinski definition) is 3. The summed E-state index contributed by atoms with van der Waals surface area (Å²) in [6, 6.07) is 0. The van der Waals surface area contributed by atoms with Crippen molar-refractivity contribution < 1.29 is 14.3 Å². The molecule has 2 fully saturated rings. The monoisotopic (exact) mass is 280 g/mol. The fourth-order valence-electron chi connectivity index (χ4n) is 4.65. The van der Waals surface area contributed by atoms with Crippen LogP contribution in [0.15, 0.2) is 0 Å². The van der Waals surface area contributed by atoms with E-state index in [1.165, 1.54) is 0 Å². The number of Topliss-reactive ketones (excluding diaryl/α,β-unsaturated/α-hetero) is 1. The minimum absolute atomic E-state index is 0.102. The van der Waals surface area contributed by atoms with Gasteiger partial charge in [-0.2, -0.15) is 0 Å². The molecule has 0 aliphatic heterocycles. The number of ketones is 1. The minimum atomic E-state index is -0.216. The maximum absolute atomic E-state index is 12.4. The third-order valence-corrected chi connectivity index (χ3v) is 6.15. The van der Waals surface area contributed by atoms with Crippen molar-refractivity contribution in [2.75, 3.05) is 6.61 Å². The molecule has 0 heterocycles. The van der Waals surface area contributed by atoms with Crippen molar-refractivity contribution in [3.63, 3.8) is 0 Å². The molecule has 0 amide bonds. The summed E-state index contributed by atoms with van der Waals surface area (Å²) in [5.41, 5.74) is -0.318. The molecule has 0 aromatic rings. The third-order valence-electron chi connectivity index (χ3n) is 6.15. The van der Waals surface area contributed by atoms with Gasteiger partial charge in [-0.1, -0.05) is 20.8 Å². The average Bonchev–Trinajstić information content (AvgIpc) is 2.38. The van der Waals surface area contributed by atoms with Crippen LogP contribution in [0.2, 0.25) is 0 Å². The van der Waals surface area contributed by atoms with Crippen LogP contribution in [-0.2, 0) is 14.3 Å². The van der Waals surface area contributed by atoms with Gasteiger partial charge in [0.2, 0.25) is 0 Å². The van der Waals surface area contributed by atoms with Crippen molar-refractivity contribution in [3.8, 4) is 0 Å². The van der Waals surface area contributed by atoms with Crippen LogP contribution < -0.4 is 0 Å². The Kier molecular flexibility index (Phi) is 4.27. The van der Waals surface area contributed by atoms with Gasteiger partial charge in [0.15, 0.2) is 0 Å². The van der Waals surface area contributed by atoms with Gasteiger partial charge < -0.3 is 4.74 Å². The van der Waals surface area contributed by atoms with Crippen molar-refractivity contribution >= 4 is 11.8 Å². The van der Waals surface area contributed by atoms with Gasteiger partial charge in [0.05, 0.1) is 13.0 Å². The Morgan fingerprint density at radius 1 is 1.35 bits per heavy atom. The smallest absolute Gasteiger partial charge is 0.306 e. The Hall–Kier alpha value is -0.860. The number of carbonyl (C=O) groups is 2. The molecular formula is C17H28O3. The molecule has 0 unspecified atom stereocenters. The number of ether oxygens (including phenoxy) is 1. The van der Waals surface area contributed by atoms with Crippen molar-refractivity contribution in [2.24, 2.45) is 22.7 Å². The predicted octanol–water partition coefficient (Wildman–Crippen LogP) is 3.75. The molecular weight excluding hydrogens is 252 g/mol. The molecule has 0 radical (unpaired) electrons. The number of hydrogen-bond donors (Lipinski definition) is 0. The first-order valence-electron chi connectivity index (χ1n) is 8.03. The maximum Gasteiger partial charge on any atom is 0.306 e. The van der Waals surface area contributed by atoms with Gasteiger partial charge in [-0.3, -0.25) is 9.59 Å². The van der Waals surface area contributed by atoms with Crippen LogP contribution in [0.5, 0.6) is 0 Å². The highest BCUT2D eigenvalue weighted by atomic mass is 16.5. The van der Waals surface area contributed by atoms with E-state index in [4.69, 9.17) is 4.74 Å². The fraction of sp³-hybridized carbons (Fsp3) is 0.882. The number of esters is 1. The van der Waals surface area contributed by atoms with E-state index in [0.29, 0.717) is 30.6 Å². The molecule has 0 aromatic carbocycles. The molecule has 2 aliphatic rings. The lowest BCUT2D eigenvalue weighted by Crippen LogP contribution is -2.54. The Labute approximate surface area is 122 Å². The van der Waals surface area contributed by atoms with Gasteiger partial charge in [-0.25, -0.2) is 0 Å². The largest absolute Gasteiger partial charge is 0.466 e. The second kappa shape index (κ2) is 5.50. The van der Waals surface area contributed by atoms with Crippen LogP contribution in [0.4, 0.5) is 0 Å². The normalized spacial score (nSPS) is 41.1. The summed E-state index contributed by atoms with van der Waals surface area (Å²) < 4.78 is 5.17. The lowest BCUT2D eigenvalue weighted by atomic mass is 9.47. The van der Waals surface area contributed by atoms with Crippen LogP contribution >= 0.6 is 0 Å². The van der Waals surface area contributed by atoms with E-state index < -0.39 is 0 Å². The molecule has 20 heavy (non-hydrogen) atoms. The summed E-state index contributed by atoms with van der Waals surface area (Å²) in [5.74, 6) is 1.10. The van der Waals surface area contributed by atoms with E-state index in [-0.39, 0.29) is 16.8 Å². The van der Waals surface area contributed by atoms with Gasteiger partial charge in [-0.05, 0) is 49.9 Å². The Balaban J connectivity index is 2.28. The molecule has 4 atom stereocenters. The number of carbonyl (C=O) groups excluding carboxylic acids is 2. The second-order valence-corrected chi connectivity index (χ2v) is 7.21. The molecule has 3 nitrogen and oxygen atoms in total. The highest BCUT2D eigenvalue weighted by molar-refractivity contribution is 5.86. The van der Waals surface area contributed by atoms with Gasteiger partial charge in [0.1, 0.15) is 5.78 Å². The first kappa shape index (κ1) is 15.5. The minimum Gasteiger partial charge on any atom is -0.466 e. The van der Waals surface area contributed by atoms with Crippen LogP contribution in [-0.4, -0.2) is 18.4 Å². The standard InChI is InChI=1S/C17H28O3/c1-5-20-15(19)11-17(4)12(2)9-10-16(3)13(17)7-6-8-14(16)18/h12-13H,5-11H2,1-4H3/t12-,13-,16+,17-/m1/s1. The number of rotatable bonds is 3. The van der Waals surface area contributed by atoms with Gasteiger partial charge in [-0.15, -0.1) is 0 Å². The highest BCUT2D eigenvalue weighted by Crippen LogP contribution is 2.59. The molecule has 0 saturated heterocycles. The SMILES string of the molecule is CCOC(=O)C[C@]1(C)[C@H](C)CC[C@]2(C)C(=O)CCC[C@@H]12. The quantitative estimate of drug-likeness (QED) is 0.739. The van der Waals surface area contributed by atoms with E-state index in [0.717, 1.165) is 32.1 Å². The summed E-state index contributed by atoms with van der Waals surface area (Å²) in [6.07, 6.45) is 5.24. The zero-order valence-electron chi connectivity index (χ0n) is 13.3. The Morgan fingerprint density at radius 3 is 2.70 bits per heavy atom. The summed E-state index contributed by atoms with van der Waals surface area (Å²) >= 11 is 0. The Morgan fingerprint density at radius 2 is 2.05 bits per heavy atom. The zero-order chi connectivity index (χ0) is 15.0.